The van der Waals surface area contributed by atoms with E-state index in [0.29, 0.717) is 22.3 Å². The molecule has 3 aromatic rings. The number of amides is 1. The number of carbonyl (C=O) groups excluding carboxylic acids is 1. The number of hydrogen-bond acceptors (Lipinski definition) is 6. The Labute approximate surface area is 174 Å². The number of aryl methyl sites for hydroxylation is 1. The van der Waals surface area contributed by atoms with Crippen molar-refractivity contribution in [2.24, 2.45) is 0 Å². The Bertz CT molecular complexity index is 943. The monoisotopic (exact) mass is 411 g/mol. The second-order valence-corrected chi connectivity index (χ2v) is 7.49. The zero-order valence-electron chi connectivity index (χ0n) is 16.8. The Morgan fingerprint density at radius 2 is 1.86 bits per heavy atom. The molecular formula is C22H25N3O3S. The Kier molecular flexibility index (Phi) is 7.08. The van der Waals surface area contributed by atoms with Crippen molar-refractivity contribution in [3.8, 4) is 11.5 Å². The van der Waals surface area contributed by atoms with Gasteiger partial charge in [-0.1, -0.05) is 30.3 Å². The first-order valence-corrected chi connectivity index (χ1v) is 10.3. The molecule has 0 aliphatic carbocycles. The molecule has 2 N–H and O–H groups in total. The van der Waals surface area contributed by atoms with E-state index in [0.717, 1.165) is 18.5 Å². The molecule has 1 amide bonds. The molecule has 29 heavy (non-hydrogen) atoms. The van der Waals surface area contributed by atoms with Gasteiger partial charge in [0.15, 0.2) is 16.6 Å². The Hall–Kier alpha value is -3.06. The molecule has 1 unspecified atom stereocenters. The number of ether oxygens (including phenoxy) is 2. The maximum Gasteiger partial charge on any atom is 0.271 e. The minimum absolute atomic E-state index is 0.0617. The molecule has 1 heterocycles. The van der Waals surface area contributed by atoms with Crippen molar-refractivity contribution in [1.82, 2.24) is 10.3 Å². The van der Waals surface area contributed by atoms with E-state index in [-0.39, 0.29) is 11.9 Å². The van der Waals surface area contributed by atoms with Crippen LogP contribution in [-0.2, 0) is 6.42 Å². The predicted octanol–water partition coefficient (Wildman–Crippen LogP) is 4.66. The van der Waals surface area contributed by atoms with Crippen molar-refractivity contribution in [3.05, 3.63) is 65.2 Å². The zero-order chi connectivity index (χ0) is 20.6. The third-order valence-corrected chi connectivity index (χ3v) is 5.22. The summed E-state index contributed by atoms with van der Waals surface area (Å²) in [5.41, 5.74) is 2.48. The van der Waals surface area contributed by atoms with Gasteiger partial charge in [-0.05, 0) is 37.5 Å². The molecule has 1 aromatic heterocycles. The number of aromatic nitrogens is 1. The molecule has 0 aliphatic heterocycles. The summed E-state index contributed by atoms with van der Waals surface area (Å²) in [7, 11) is 3.18. The average molecular weight is 412 g/mol. The van der Waals surface area contributed by atoms with Crippen molar-refractivity contribution in [3.63, 3.8) is 0 Å². The van der Waals surface area contributed by atoms with E-state index in [1.165, 1.54) is 16.9 Å². The van der Waals surface area contributed by atoms with Gasteiger partial charge in [-0.25, -0.2) is 4.98 Å². The maximum absolute atomic E-state index is 12.5. The number of carbonyl (C=O) groups is 1. The number of hydrogen-bond donors (Lipinski definition) is 2. The first-order valence-electron chi connectivity index (χ1n) is 9.38. The van der Waals surface area contributed by atoms with Gasteiger partial charge in [0, 0.05) is 23.2 Å². The fourth-order valence-corrected chi connectivity index (χ4v) is 3.58. The summed E-state index contributed by atoms with van der Waals surface area (Å²) < 4.78 is 10.6. The van der Waals surface area contributed by atoms with Crippen LogP contribution < -0.4 is 20.1 Å². The number of thiazole rings is 1. The molecule has 0 radical (unpaired) electrons. The standard InChI is InChI=1S/C22H25N3O3S/c1-15(9-10-16-7-5-4-6-8-16)23-21(26)18-14-29-22(25-18)24-17-11-12-19(27-2)20(13-17)28-3/h4-8,11-15H,9-10H2,1-3H3,(H,23,26)(H,24,25). The van der Waals surface area contributed by atoms with E-state index < -0.39 is 0 Å². The summed E-state index contributed by atoms with van der Waals surface area (Å²) in [6, 6.07) is 15.8. The highest BCUT2D eigenvalue weighted by atomic mass is 32.1. The highest BCUT2D eigenvalue weighted by Crippen LogP contribution is 2.31. The highest BCUT2D eigenvalue weighted by Gasteiger charge is 2.14. The van der Waals surface area contributed by atoms with Crippen LogP contribution >= 0.6 is 11.3 Å². The van der Waals surface area contributed by atoms with E-state index in [1.807, 2.05) is 43.3 Å². The third kappa shape index (κ3) is 5.71. The quantitative estimate of drug-likeness (QED) is 0.536. The second kappa shape index (κ2) is 9.93. The lowest BCUT2D eigenvalue weighted by Gasteiger charge is -2.13. The van der Waals surface area contributed by atoms with Crippen molar-refractivity contribution >= 4 is 28.1 Å². The van der Waals surface area contributed by atoms with E-state index in [1.54, 1.807) is 19.6 Å². The number of nitrogens with one attached hydrogen (secondary N) is 2. The van der Waals surface area contributed by atoms with Gasteiger partial charge >= 0.3 is 0 Å². The normalized spacial score (nSPS) is 11.6. The molecule has 152 valence electrons. The van der Waals surface area contributed by atoms with Gasteiger partial charge in [0.1, 0.15) is 5.69 Å². The third-order valence-electron chi connectivity index (χ3n) is 4.46. The van der Waals surface area contributed by atoms with Crippen LogP contribution in [0.15, 0.2) is 53.9 Å². The van der Waals surface area contributed by atoms with E-state index >= 15 is 0 Å². The van der Waals surface area contributed by atoms with Crippen molar-refractivity contribution < 1.29 is 14.3 Å². The van der Waals surface area contributed by atoms with Crippen LogP contribution in [0.25, 0.3) is 0 Å². The Balaban J connectivity index is 1.55. The van der Waals surface area contributed by atoms with Crippen LogP contribution in [0.5, 0.6) is 11.5 Å². The van der Waals surface area contributed by atoms with Gasteiger partial charge < -0.3 is 20.1 Å². The van der Waals surface area contributed by atoms with Gasteiger partial charge in [-0.2, -0.15) is 0 Å². The van der Waals surface area contributed by atoms with Gasteiger partial charge in [-0.15, -0.1) is 11.3 Å². The van der Waals surface area contributed by atoms with Gasteiger partial charge in [-0.3, -0.25) is 4.79 Å². The average Bonchev–Trinajstić information content (AvgIpc) is 3.21. The second-order valence-electron chi connectivity index (χ2n) is 6.63. The number of rotatable bonds is 9. The highest BCUT2D eigenvalue weighted by molar-refractivity contribution is 7.14. The smallest absolute Gasteiger partial charge is 0.271 e. The molecule has 3 rings (SSSR count). The minimum atomic E-state index is -0.165. The number of anilines is 2. The molecule has 0 saturated heterocycles. The summed E-state index contributed by atoms with van der Waals surface area (Å²) in [4.78, 5) is 16.9. The van der Waals surface area contributed by atoms with Crippen LogP contribution in [0.2, 0.25) is 0 Å². The summed E-state index contributed by atoms with van der Waals surface area (Å²) in [5, 5.41) is 8.61. The summed E-state index contributed by atoms with van der Waals surface area (Å²) in [5.74, 6) is 1.11. The van der Waals surface area contributed by atoms with Crippen LogP contribution in [0.4, 0.5) is 10.8 Å². The molecule has 1 atom stereocenters. The first kappa shape index (κ1) is 20.7. The largest absolute Gasteiger partial charge is 0.493 e. The van der Waals surface area contributed by atoms with Crippen LogP contribution in [0.3, 0.4) is 0 Å². The fourth-order valence-electron chi connectivity index (χ4n) is 2.87. The van der Waals surface area contributed by atoms with Crippen molar-refractivity contribution in [2.45, 2.75) is 25.8 Å². The lowest BCUT2D eigenvalue weighted by molar-refractivity contribution is 0.0934. The van der Waals surface area contributed by atoms with Crippen molar-refractivity contribution in [1.29, 1.82) is 0 Å². The van der Waals surface area contributed by atoms with Crippen LogP contribution in [-0.4, -0.2) is 31.2 Å². The summed E-state index contributed by atoms with van der Waals surface area (Å²) in [6.07, 6.45) is 1.79. The molecule has 6 nitrogen and oxygen atoms in total. The van der Waals surface area contributed by atoms with E-state index in [2.05, 4.69) is 27.8 Å². The topological polar surface area (TPSA) is 72.5 Å². The Morgan fingerprint density at radius 1 is 1.10 bits per heavy atom. The SMILES string of the molecule is COc1ccc(Nc2nc(C(=O)NC(C)CCc3ccccc3)cs2)cc1OC. The van der Waals surface area contributed by atoms with Crippen LogP contribution in [0.1, 0.15) is 29.4 Å². The molecule has 0 spiro atoms. The van der Waals surface area contributed by atoms with Gasteiger partial charge in [0.25, 0.3) is 5.91 Å². The first-order chi connectivity index (χ1) is 14.1. The molecule has 0 fully saturated rings. The zero-order valence-corrected chi connectivity index (χ0v) is 17.6. The van der Waals surface area contributed by atoms with E-state index in [4.69, 9.17) is 9.47 Å². The summed E-state index contributed by atoms with van der Waals surface area (Å²) >= 11 is 1.38. The summed E-state index contributed by atoms with van der Waals surface area (Å²) in [6.45, 7) is 2.01. The lowest BCUT2D eigenvalue weighted by Crippen LogP contribution is -2.33. The molecule has 7 heteroatoms. The molecule has 0 saturated carbocycles. The van der Waals surface area contributed by atoms with E-state index in [9.17, 15) is 4.79 Å². The molecule has 0 bridgehead atoms. The number of methoxy groups -OCH3 is 2. The molecule has 0 aliphatic rings. The van der Waals surface area contributed by atoms with Crippen molar-refractivity contribution in [2.75, 3.05) is 19.5 Å². The van der Waals surface area contributed by atoms with Gasteiger partial charge in [0.05, 0.1) is 14.2 Å². The molecular weight excluding hydrogens is 386 g/mol. The fraction of sp³-hybridized carbons (Fsp3) is 0.273. The molecule has 2 aromatic carbocycles. The maximum atomic E-state index is 12.5. The number of benzene rings is 2. The predicted molar refractivity (Wildman–Crippen MR) is 117 cm³/mol. The van der Waals surface area contributed by atoms with Gasteiger partial charge in [0.2, 0.25) is 0 Å². The number of nitrogens with zero attached hydrogens (tertiary/aromatic N) is 1. The minimum Gasteiger partial charge on any atom is -0.493 e. The Morgan fingerprint density at radius 3 is 2.59 bits per heavy atom. The van der Waals surface area contributed by atoms with Crippen LogP contribution in [0, 0.1) is 0 Å². The lowest BCUT2D eigenvalue weighted by atomic mass is 10.1.